The first-order chi connectivity index (χ1) is 15.8. The number of nitrogen functional groups attached to an aromatic ring is 1. The van der Waals surface area contributed by atoms with Gasteiger partial charge in [0.25, 0.3) is 0 Å². The fourth-order valence-electron chi connectivity index (χ4n) is 3.56. The van der Waals surface area contributed by atoms with E-state index in [9.17, 15) is 4.79 Å². The van der Waals surface area contributed by atoms with E-state index in [2.05, 4.69) is 27.1 Å². The standard InChI is InChI=1S/C25H39N5O3/c1-18(8-7-14-31)27-24-22(19(2)28-25(26)29-24)16-20-9-11-21(12-10-20)17-23(32)33-15-6-5-13-30(3)4/h9-12,18,31H,5-8,13-17H2,1-4H3,(H3,26,27,28,29)/t18-/m0/s1. The van der Waals surface area contributed by atoms with Crippen LogP contribution in [0, 0.1) is 6.92 Å². The minimum atomic E-state index is -0.196. The maximum absolute atomic E-state index is 12.1. The molecule has 0 aliphatic heterocycles. The molecule has 0 spiro atoms. The molecule has 4 N–H and O–H groups in total. The number of aryl methyl sites for hydroxylation is 1. The lowest BCUT2D eigenvalue weighted by atomic mass is 10.0. The zero-order valence-electron chi connectivity index (χ0n) is 20.4. The quantitative estimate of drug-likeness (QED) is 0.293. The number of anilines is 2. The smallest absolute Gasteiger partial charge is 0.310 e. The third-order valence-corrected chi connectivity index (χ3v) is 5.42. The summed E-state index contributed by atoms with van der Waals surface area (Å²) in [5.41, 5.74) is 9.73. The monoisotopic (exact) mass is 457 g/mol. The number of rotatable bonds is 14. The summed E-state index contributed by atoms with van der Waals surface area (Å²) in [6.07, 6.45) is 4.37. The molecule has 0 radical (unpaired) electrons. The largest absolute Gasteiger partial charge is 0.465 e. The first kappa shape index (κ1) is 26.5. The van der Waals surface area contributed by atoms with Crippen molar-refractivity contribution in [1.29, 1.82) is 0 Å². The molecule has 0 saturated heterocycles. The van der Waals surface area contributed by atoms with Crippen LogP contribution >= 0.6 is 0 Å². The minimum absolute atomic E-state index is 0.154. The number of esters is 1. The van der Waals surface area contributed by atoms with E-state index in [0.29, 0.717) is 13.0 Å². The topological polar surface area (TPSA) is 114 Å². The van der Waals surface area contributed by atoms with Gasteiger partial charge in [0.2, 0.25) is 5.95 Å². The van der Waals surface area contributed by atoms with Gasteiger partial charge in [0.1, 0.15) is 5.82 Å². The Morgan fingerprint density at radius 1 is 1.15 bits per heavy atom. The molecule has 0 amide bonds. The van der Waals surface area contributed by atoms with Gasteiger partial charge in [-0.1, -0.05) is 24.3 Å². The normalized spacial score (nSPS) is 12.1. The van der Waals surface area contributed by atoms with Gasteiger partial charge in [-0.2, -0.15) is 4.98 Å². The molecular weight excluding hydrogens is 418 g/mol. The molecule has 1 aromatic heterocycles. The highest BCUT2D eigenvalue weighted by atomic mass is 16.5. The molecule has 2 rings (SSSR count). The van der Waals surface area contributed by atoms with E-state index >= 15 is 0 Å². The fourth-order valence-corrected chi connectivity index (χ4v) is 3.56. The Balaban J connectivity index is 1.95. The predicted molar refractivity (Wildman–Crippen MR) is 132 cm³/mol. The number of nitrogens with zero attached hydrogens (tertiary/aromatic N) is 3. The molecule has 8 nitrogen and oxygen atoms in total. The lowest BCUT2D eigenvalue weighted by Gasteiger charge is -2.18. The van der Waals surface area contributed by atoms with Gasteiger partial charge in [-0.15, -0.1) is 0 Å². The molecule has 2 aromatic rings. The fraction of sp³-hybridized carbons (Fsp3) is 0.560. The highest BCUT2D eigenvalue weighted by Gasteiger charge is 2.14. The van der Waals surface area contributed by atoms with E-state index < -0.39 is 0 Å². The van der Waals surface area contributed by atoms with Crippen LogP contribution in [0.4, 0.5) is 11.8 Å². The average molecular weight is 458 g/mol. The van der Waals surface area contributed by atoms with Crippen LogP contribution in [-0.2, 0) is 22.4 Å². The van der Waals surface area contributed by atoms with Crippen LogP contribution in [0.3, 0.4) is 0 Å². The van der Waals surface area contributed by atoms with E-state index in [4.69, 9.17) is 15.6 Å². The summed E-state index contributed by atoms with van der Waals surface area (Å²) < 4.78 is 5.35. The summed E-state index contributed by atoms with van der Waals surface area (Å²) in [6.45, 7) is 5.62. The Morgan fingerprint density at radius 3 is 2.52 bits per heavy atom. The van der Waals surface area contributed by atoms with Crippen molar-refractivity contribution in [2.24, 2.45) is 0 Å². The van der Waals surface area contributed by atoms with Gasteiger partial charge >= 0.3 is 5.97 Å². The number of aliphatic hydroxyl groups excluding tert-OH is 1. The maximum atomic E-state index is 12.1. The zero-order chi connectivity index (χ0) is 24.2. The summed E-state index contributed by atoms with van der Waals surface area (Å²) in [4.78, 5) is 23.0. The number of unbranched alkanes of at least 4 members (excludes halogenated alkanes) is 1. The van der Waals surface area contributed by atoms with Gasteiger partial charge < -0.3 is 25.8 Å². The molecule has 1 atom stereocenters. The Labute approximate surface area is 197 Å². The minimum Gasteiger partial charge on any atom is -0.465 e. The van der Waals surface area contributed by atoms with Crippen LogP contribution in [0.1, 0.15) is 55.0 Å². The van der Waals surface area contributed by atoms with Crippen molar-refractivity contribution < 1.29 is 14.6 Å². The second-order valence-electron chi connectivity index (χ2n) is 8.81. The first-order valence-electron chi connectivity index (χ1n) is 11.7. The molecule has 0 aliphatic rings. The van der Waals surface area contributed by atoms with Crippen LogP contribution in [0.15, 0.2) is 24.3 Å². The molecule has 0 aliphatic carbocycles. The van der Waals surface area contributed by atoms with E-state index in [0.717, 1.165) is 60.4 Å². The number of carbonyl (C=O) groups is 1. The molecule has 0 unspecified atom stereocenters. The molecule has 1 aromatic carbocycles. The van der Waals surface area contributed by atoms with E-state index in [1.165, 1.54) is 0 Å². The Bertz CT molecular complexity index is 871. The van der Waals surface area contributed by atoms with Crippen LogP contribution < -0.4 is 11.1 Å². The third-order valence-electron chi connectivity index (χ3n) is 5.42. The molecule has 1 heterocycles. The third kappa shape index (κ3) is 9.75. The molecule has 0 bridgehead atoms. The maximum Gasteiger partial charge on any atom is 0.310 e. The van der Waals surface area contributed by atoms with Crippen LogP contribution in [-0.4, -0.2) is 65.8 Å². The number of aliphatic hydroxyl groups is 1. The number of nitrogens with one attached hydrogen (secondary N) is 1. The van der Waals surface area contributed by atoms with Crippen molar-refractivity contribution in [2.75, 3.05) is 44.9 Å². The van der Waals surface area contributed by atoms with Crippen LogP contribution in [0.2, 0.25) is 0 Å². The number of nitrogens with two attached hydrogens (primary N) is 1. The van der Waals surface area contributed by atoms with Gasteiger partial charge in [-0.05, 0) is 71.3 Å². The average Bonchev–Trinajstić information content (AvgIpc) is 2.75. The number of benzene rings is 1. The predicted octanol–water partition coefficient (Wildman–Crippen LogP) is 2.96. The van der Waals surface area contributed by atoms with Crippen molar-refractivity contribution in [1.82, 2.24) is 14.9 Å². The SMILES string of the molecule is Cc1nc(N)nc(N[C@@H](C)CCCO)c1Cc1ccc(CC(=O)OCCCCN(C)C)cc1. The Kier molecular flexibility index (Phi) is 11.1. The van der Waals surface area contributed by atoms with Crippen LogP contribution in [0.25, 0.3) is 0 Å². The zero-order valence-corrected chi connectivity index (χ0v) is 20.4. The lowest BCUT2D eigenvalue weighted by Crippen LogP contribution is -2.19. The highest BCUT2D eigenvalue weighted by molar-refractivity contribution is 5.72. The summed E-state index contributed by atoms with van der Waals surface area (Å²) >= 11 is 0. The van der Waals surface area contributed by atoms with E-state index in [1.54, 1.807) is 0 Å². The van der Waals surface area contributed by atoms with E-state index in [1.807, 2.05) is 45.3 Å². The Morgan fingerprint density at radius 2 is 1.85 bits per heavy atom. The number of hydrogen-bond donors (Lipinski definition) is 3. The number of hydrogen-bond acceptors (Lipinski definition) is 8. The second-order valence-corrected chi connectivity index (χ2v) is 8.81. The number of carbonyl (C=O) groups excluding carboxylic acids is 1. The van der Waals surface area contributed by atoms with Gasteiger partial charge in [-0.25, -0.2) is 4.98 Å². The first-order valence-corrected chi connectivity index (χ1v) is 11.7. The summed E-state index contributed by atoms with van der Waals surface area (Å²) in [5.74, 6) is 0.773. The Hall–Kier alpha value is -2.71. The van der Waals surface area contributed by atoms with Crippen molar-refractivity contribution in [3.8, 4) is 0 Å². The molecule has 0 saturated carbocycles. The summed E-state index contributed by atoms with van der Waals surface area (Å²) in [7, 11) is 4.07. The van der Waals surface area contributed by atoms with Crippen LogP contribution in [0.5, 0.6) is 0 Å². The molecule has 182 valence electrons. The van der Waals surface area contributed by atoms with Gasteiger partial charge in [0.15, 0.2) is 0 Å². The molecule has 0 fully saturated rings. The molecule has 33 heavy (non-hydrogen) atoms. The summed E-state index contributed by atoms with van der Waals surface area (Å²) in [5, 5.41) is 12.5. The van der Waals surface area contributed by atoms with Gasteiger partial charge in [0, 0.05) is 30.3 Å². The second kappa shape index (κ2) is 13.7. The van der Waals surface area contributed by atoms with Crippen molar-refractivity contribution in [2.45, 2.75) is 58.4 Å². The summed E-state index contributed by atoms with van der Waals surface area (Å²) in [6, 6.07) is 8.13. The number of aromatic nitrogens is 2. The van der Waals surface area contributed by atoms with Gasteiger partial charge in [-0.3, -0.25) is 4.79 Å². The lowest BCUT2D eigenvalue weighted by molar-refractivity contribution is -0.142. The van der Waals surface area contributed by atoms with Crippen molar-refractivity contribution in [3.05, 3.63) is 46.6 Å². The van der Waals surface area contributed by atoms with Gasteiger partial charge in [0.05, 0.1) is 13.0 Å². The van der Waals surface area contributed by atoms with Crippen molar-refractivity contribution >= 4 is 17.7 Å². The van der Waals surface area contributed by atoms with Crippen molar-refractivity contribution in [3.63, 3.8) is 0 Å². The highest BCUT2D eigenvalue weighted by Crippen LogP contribution is 2.23. The molecular formula is C25H39N5O3. The molecule has 8 heteroatoms. The number of ether oxygens (including phenoxy) is 1. The van der Waals surface area contributed by atoms with E-state index in [-0.39, 0.29) is 31.0 Å².